The first-order valence-corrected chi connectivity index (χ1v) is 9.13. The van der Waals surface area contributed by atoms with E-state index >= 15 is 0 Å². The van der Waals surface area contributed by atoms with Gasteiger partial charge in [-0.2, -0.15) is 0 Å². The maximum atomic E-state index is 4.46. The molecule has 2 aromatic rings. The number of hydrogen-bond acceptors (Lipinski definition) is 2. The van der Waals surface area contributed by atoms with Gasteiger partial charge in [0.15, 0.2) is 0 Å². The van der Waals surface area contributed by atoms with Gasteiger partial charge < -0.3 is 9.19 Å². The summed E-state index contributed by atoms with van der Waals surface area (Å²) in [7, 11) is 1.94. The molecule has 4 rings (SSSR count). The molecule has 2 radical (unpaired) electrons. The van der Waals surface area contributed by atoms with Crippen molar-refractivity contribution in [2.45, 2.75) is 76.3 Å². The molecule has 2 aliphatic carbocycles. The van der Waals surface area contributed by atoms with Crippen LogP contribution in [0.15, 0.2) is 25.3 Å². The van der Waals surface area contributed by atoms with E-state index in [9.17, 15) is 0 Å². The predicted octanol–water partition coefficient (Wildman–Crippen LogP) is 1.60. The summed E-state index contributed by atoms with van der Waals surface area (Å²) in [5.41, 5.74) is 0. The first kappa shape index (κ1) is 14.9. The highest BCUT2D eigenvalue weighted by Crippen LogP contribution is 2.27. The third kappa shape index (κ3) is 3.48. The molecule has 7 heteroatoms. The smallest absolute Gasteiger partial charge is 0.280 e. The monoisotopic (exact) mass is 313 g/mol. The van der Waals surface area contributed by atoms with Crippen molar-refractivity contribution in [3.63, 3.8) is 0 Å². The van der Waals surface area contributed by atoms with Gasteiger partial charge in [0.25, 0.3) is 7.55 Å². The van der Waals surface area contributed by atoms with E-state index in [0.717, 1.165) is 0 Å². The van der Waals surface area contributed by atoms with E-state index in [4.69, 9.17) is 0 Å². The van der Waals surface area contributed by atoms with E-state index in [1.165, 1.54) is 64.2 Å². The fraction of sp³-hybridized carbons (Fsp3) is 0.750. The van der Waals surface area contributed by atoms with Crippen molar-refractivity contribution in [3.8, 4) is 0 Å². The SMILES string of the molecule is [B-]([n+]1cn(C2CCCCC2)cn1)[n+]1cn(C2CCCCC2)cn1. The van der Waals surface area contributed by atoms with Crippen LogP contribution in [0.4, 0.5) is 0 Å². The topological polar surface area (TPSA) is 43.4 Å². The molecule has 2 heterocycles. The van der Waals surface area contributed by atoms with Gasteiger partial charge in [-0.3, -0.25) is 0 Å². The lowest BCUT2D eigenvalue weighted by Crippen LogP contribution is -2.60. The van der Waals surface area contributed by atoms with E-state index in [1.807, 2.05) is 29.4 Å². The van der Waals surface area contributed by atoms with Crippen LogP contribution in [0.1, 0.15) is 76.3 Å². The second kappa shape index (κ2) is 6.85. The molecule has 0 atom stereocenters. The molecule has 0 unspecified atom stereocenters. The van der Waals surface area contributed by atoms with Gasteiger partial charge in [-0.15, -0.1) is 0 Å². The van der Waals surface area contributed by atoms with Crippen molar-refractivity contribution < 1.29 is 9.19 Å². The van der Waals surface area contributed by atoms with Crippen LogP contribution < -0.4 is 9.19 Å². The molecule has 2 aromatic heterocycles. The molecular weight excluding hydrogens is 287 g/mol. The highest BCUT2D eigenvalue weighted by atomic mass is 15.4. The number of nitrogens with zero attached hydrogens (tertiary/aromatic N) is 6. The molecule has 2 saturated carbocycles. The fourth-order valence-electron chi connectivity index (χ4n) is 4.01. The zero-order valence-corrected chi connectivity index (χ0v) is 13.8. The second-order valence-corrected chi connectivity index (χ2v) is 7.05. The van der Waals surface area contributed by atoms with Crippen LogP contribution in [0.25, 0.3) is 0 Å². The lowest BCUT2D eigenvalue weighted by molar-refractivity contribution is -0.720. The molecule has 0 aromatic carbocycles. The molecule has 0 aliphatic heterocycles. The van der Waals surface area contributed by atoms with Crippen molar-refractivity contribution in [2.75, 3.05) is 0 Å². The van der Waals surface area contributed by atoms with Gasteiger partial charge in [0.1, 0.15) is 12.1 Å². The summed E-state index contributed by atoms with van der Waals surface area (Å²) >= 11 is 0. The van der Waals surface area contributed by atoms with Crippen molar-refractivity contribution >= 4 is 7.55 Å². The average molecular weight is 313 g/mol. The van der Waals surface area contributed by atoms with Gasteiger partial charge in [0, 0.05) is 0 Å². The molecule has 0 spiro atoms. The number of aromatic nitrogens is 6. The highest BCUT2D eigenvalue weighted by Gasteiger charge is 2.21. The normalized spacial score (nSPS) is 20.9. The molecule has 122 valence electrons. The van der Waals surface area contributed by atoms with Crippen LogP contribution in [-0.2, 0) is 0 Å². The first-order chi connectivity index (χ1) is 11.4. The van der Waals surface area contributed by atoms with Gasteiger partial charge in [-0.25, -0.2) is 9.13 Å². The molecule has 0 amide bonds. The Balaban J connectivity index is 1.40. The van der Waals surface area contributed by atoms with E-state index in [1.54, 1.807) is 0 Å². The third-order valence-corrected chi connectivity index (χ3v) is 5.37. The molecular formula is C16H26BN6+. The van der Waals surface area contributed by atoms with E-state index in [-0.39, 0.29) is 0 Å². The molecule has 23 heavy (non-hydrogen) atoms. The quantitative estimate of drug-likeness (QED) is 0.805. The second-order valence-electron chi connectivity index (χ2n) is 7.05. The lowest BCUT2D eigenvalue weighted by Gasteiger charge is -2.18. The third-order valence-electron chi connectivity index (χ3n) is 5.37. The summed E-state index contributed by atoms with van der Waals surface area (Å²) in [6.45, 7) is 0. The Morgan fingerprint density at radius 1 is 0.696 bits per heavy atom. The number of hydrogen-bond donors (Lipinski definition) is 0. The average Bonchev–Trinajstić information content (AvgIpc) is 3.27. The largest absolute Gasteiger partial charge is 0.339 e. The van der Waals surface area contributed by atoms with Gasteiger partial charge in [-0.05, 0) is 51.4 Å². The molecule has 0 bridgehead atoms. The maximum Gasteiger partial charge on any atom is 0.280 e. The van der Waals surface area contributed by atoms with E-state index < -0.39 is 0 Å². The van der Waals surface area contributed by atoms with E-state index in [2.05, 4.69) is 32.0 Å². The minimum Gasteiger partial charge on any atom is -0.339 e. The zero-order valence-electron chi connectivity index (χ0n) is 13.8. The number of rotatable bonds is 4. The summed E-state index contributed by atoms with van der Waals surface area (Å²) in [5, 5.41) is 8.92. The van der Waals surface area contributed by atoms with Crippen LogP contribution in [0.5, 0.6) is 0 Å². The van der Waals surface area contributed by atoms with Crippen LogP contribution in [-0.4, -0.2) is 26.9 Å². The van der Waals surface area contributed by atoms with Crippen LogP contribution >= 0.6 is 0 Å². The molecule has 6 nitrogen and oxygen atoms in total. The Labute approximate surface area is 138 Å². The molecule has 2 fully saturated rings. The van der Waals surface area contributed by atoms with Crippen molar-refractivity contribution in [2.24, 2.45) is 0 Å². The van der Waals surface area contributed by atoms with Gasteiger partial charge in [-0.1, -0.05) is 23.0 Å². The van der Waals surface area contributed by atoms with Crippen LogP contribution in [0.2, 0.25) is 0 Å². The van der Waals surface area contributed by atoms with Crippen LogP contribution in [0.3, 0.4) is 0 Å². The highest BCUT2D eigenvalue weighted by molar-refractivity contribution is 6.11. The Hall–Kier alpha value is -1.66. The van der Waals surface area contributed by atoms with Gasteiger partial charge in [0.2, 0.25) is 25.3 Å². The van der Waals surface area contributed by atoms with Gasteiger partial charge in [0.05, 0.1) is 0 Å². The summed E-state index contributed by atoms with van der Waals surface area (Å²) in [5.74, 6) is 0. The Kier molecular flexibility index (Phi) is 4.44. The molecule has 2 aliphatic rings. The Bertz CT molecular complexity index is 570. The van der Waals surface area contributed by atoms with Crippen LogP contribution in [0, 0.1) is 0 Å². The minimum absolute atomic E-state index is 0.621. The summed E-state index contributed by atoms with van der Waals surface area (Å²) in [4.78, 5) is 0. The molecule has 0 saturated heterocycles. The first-order valence-electron chi connectivity index (χ1n) is 9.13. The maximum absolute atomic E-state index is 4.46. The summed E-state index contributed by atoms with van der Waals surface area (Å²) < 4.78 is 8.25. The van der Waals surface area contributed by atoms with Gasteiger partial charge >= 0.3 is 0 Å². The lowest BCUT2D eigenvalue weighted by atomic mass is 9.95. The molecule has 0 N–H and O–H groups in total. The predicted molar refractivity (Wildman–Crippen MR) is 85.6 cm³/mol. The summed E-state index contributed by atoms with van der Waals surface area (Å²) in [6, 6.07) is 1.24. The minimum atomic E-state index is 0.621. The van der Waals surface area contributed by atoms with Crippen molar-refractivity contribution in [3.05, 3.63) is 25.3 Å². The Morgan fingerprint density at radius 3 is 1.57 bits per heavy atom. The standard InChI is InChI=1S/C16H26BN6/c1-3-7-15(8-4-1)20-11-18-22(13-20)17-23-14-21(12-19-23)16-9-5-2-6-10-16/h11-16H,1-10H2/q+1. The Morgan fingerprint density at radius 2 is 1.13 bits per heavy atom. The zero-order chi connectivity index (χ0) is 15.5. The van der Waals surface area contributed by atoms with Crippen molar-refractivity contribution in [1.29, 1.82) is 0 Å². The fourth-order valence-corrected chi connectivity index (χ4v) is 4.01. The van der Waals surface area contributed by atoms with E-state index in [0.29, 0.717) is 12.1 Å². The van der Waals surface area contributed by atoms with Crippen molar-refractivity contribution in [1.82, 2.24) is 19.3 Å². The summed E-state index contributed by atoms with van der Waals surface area (Å²) in [6.07, 6.45) is 21.3.